The number of benzene rings is 1. The predicted molar refractivity (Wildman–Crippen MR) is 120 cm³/mol. The number of hydrogen-bond acceptors (Lipinski definition) is 7. The van der Waals surface area contributed by atoms with Crippen molar-refractivity contribution in [3.8, 4) is 5.75 Å². The number of amides is 2. The molecule has 0 aliphatic carbocycles. The van der Waals surface area contributed by atoms with Gasteiger partial charge in [-0.05, 0) is 40.5 Å². The molecule has 1 atom stereocenters. The van der Waals surface area contributed by atoms with Crippen molar-refractivity contribution in [3.63, 3.8) is 0 Å². The molecule has 0 unspecified atom stereocenters. The molecule has 37 heavy (non-hydrogen) atoms. The molecule has 0 radical (unpaired) electrons. The molecule has 0 spiro atoms. The molecule has 1 fully saturated rings. The quantitative estimate of drug-likeness (QED) is 0.294. The number of carbonyl (C=O) groups excluding carboxylic acids is 4. The van der Waals surface area contributed by atoms with Gasteiger partial charge in [0.2, 0.25) is 17.5 Å². The van der Waals surface area contributed by atoms with Crippen LogP contribution in [-0.2, 0) is 23.9 Å². The lowest BCUT2D eigenvalue weighted by Gasteiger charge is -2.31. The SMILES string of the molecule is CCOC(=O)N1CCC(C(=O)N[C@@H](CC(=O)OC(C)(C)C)C(=O)COc2c(F)c(F)cc(F)c2F)CC1. The summed E-state index contributed by atoms with van der Waals surface area (Å²) in [6.07, 6.45) is -0.624. The summed E-state index contributed by atoms with van der Waals surface area (Å²) >= 11 is 0. The second kappa shape index (κ2) is 12.7. The second-order valence-corrected chi connectivity index (χ2v) is 9.36. The first-order valence-corrected chi connectivity index (χ1v) is 11.7. The van der Waals surface area contributed by atoms with Crippen LogP contribution in [0, 0.1) is 29.2 Å². The molecule has 2 rings (SSSR count). The number of carbonyl (C=O) groups is 4. The van der Waals surface area contributed by atoms with E-state index in [0.29, 0.717) is 0 Å². The van der Waals surface area contributed by atoms with Gasteiger partial charge in [0.1, 0.15) is 18.2 Å². The fourth-order valence-electron chi connectivity index (χ4n) is 3.55. The monoisotopic (exact) mass is 534 g/mol. The number of likely N-dealkylation sites (tertiary alicyclic amines) is 1. The third-order valence-corrected chi connectivity index (χ3v) is 5.32. The number of ketones is 1. The molecule has 0 bridgehead atoms. The zero-order valence-corrected chi connectivity index (χ0v) is 21.0. The largest absolute Gasteiger partial charge is 0.479 e. The molecule has 1 N–H and O–H groups in total. The molecule has 206 valence electrons. The zero-order chi connectivity index (χ0) is 27.9. The minimum atomic E-state index is -1.84. The average Bonchev–Trinajstić information content (AvgIpc) is 2.81. The number of nitrogens with one attached hydrogen (secondary N) is 1. The summed E-state index contributed by atoms with van der Waals surface area (Å²) in [7, 11) is 0. The fraction of sp³-hybridized carbons (Fsp3) is 0.583. The minimum absolute atomic E-state index is 0.0158. The van der Waals surface area contributed by atoms with E-state index in [1.807, 2.05) is 0 Å². The van der Waals surface area contributed by atoms with Crippen molar-refractivity contribution >= 4 is 23.8 Å². The number of esters is 1. The van der Waals surface area contributed by atoms with E-state index in [0.717, 1.165) is 0 Å². The van der Waals surface area contributed by atoms with Gasteiger partial charge >= 0.3 is 12.1 Å². The van der Waals surface area contributed by atoms with Gasteiger partial charge in [0.05, 0.1) is 13.0 Å². The second-order valence-electron chi connectivity index (χ2n) is 9.36. The van der Waals surface area contributed by atoms with E-state index in [2.05, 4.69) is 5.32 Å². The summed E-state index contributed by atoms with van der Waals surface area (Å²) < 4.78 is 69.4. The van der Waals surface area contributed by atoms with Crippen LogP contribution >= 0.6 is 0 Å². The number of piperidine rings is 1. The Kier molecular flexibility index (Phi) is 10.3. The summed E-state index contributed by atoms with van der Waals surface area (Å²) in [5, 5.41) is 2.42. The third kappa shape index (κ3) is 8.60. The molecule has 0 saturated carbocycles. The van der Waals surface area contributed by atoms with E-state index in [-0.39, 0.29) is 38.6 Å². The van der Waals surface area contributed by atoms with Crippen LogP contribution in [0.4, 0.5) is 22.4 Å². The first-order chi connectivity index (χ1) is 17.2. The van der Waals surface area contributed by atoms with E-state index in [9.17, 15) is 36.7 Å². The van der Waals surface area contributed by atoms with Gasteiger partial charge in [-0.3, -0.25) is 14.4 Å². The highest BCUT2D eigenvalue weighted by atomic mass is 19.2. The summed E-state index contributed by atoms with van der Waals surface area (Å²) in [5.74, 6) is -11.6. The van der Waals surface area contributed by atoms with E-state index >= 15 is 0 Å². The molecule has 9 nitrogen and oxygen atoms in total. The van der Waals surface area contributed by atoms with Crippen LogP contribution in [-0.4, -0.2) is 66.6 Å². The van der Waals surface area contributed by atoms with Crippen LogP contribution in [0.1, 0.15) is 47.0 Å². The number of Topliss-reactive ketones (excluding diaryl/α,β-unsaturated/α-hetero) is 1. The van der Waals surface area contributed by atoms with E-state index in [4.69, 9.17) is 14.2 Å². The molecule has 1 aromatic rings. The van der Waals surface area contributed by atoms with Crippen molar-refractivity contribution in [2.24, 2.45) is 5.92 Å². The molecular formula is C24H30F4N2O7. The Morgan fingerprint density at radius 3 is 2.14 bits per heavy atom. The maximum atomic E-state index is 13.9. The molecule has 0 aromatic heterocycles. The Morgan fingerprint density at radius 2 is 1.62 bits per heavy atom. The van der Waals surface area contributed by atoms with E-state index in [1.54, 1.807) is 27.7 Å². The van der Waals surface area contributed by atoms with Gasteiger partial charge in [-0.25, -0.2) is 13.6 Å². The van der Waals surface area contributed by atoms with Crippen LogP contribution in [0.5, 0.6) is 5.75 Å². The number of hydrogen-bond donors (Lipinski definition) is 1. The van der Waals surface area contributed by atoms with Crippen LogP contribution in [0.2, 0.25) is 0 Å². The van der Waals surface area contributed by atoms with Crippen LogP contribution < -0.4 is 10.1 Å². The zero-order valence-electron chi connectivity index (χ0n) is 21.0. The first-order valence-electron chi connectivity index (χ1n) is 11.7. The van der Waals surface area contributed by atoms with Crippen molar-refractivity contribution in [1.82, 2.24) is 10.2 Å². The summed E-state index contributed by atoms with van der Waals surface area (Å²) in [5.41, 5.74) is -0.906. The normalized spacial score (nSPS) is 15.1. The number of halogens is 4. The number of ether oxygens (including phenoxy) is 3. The highest BCUT2D eigenvalue weighted by molar-refractivity contribution is 5.93. The number of rotatable bonds is 9. The molecule has 1 aliphatic heterocycles. The van der Waals surface area contributed by atoms with Crippen molar-refractivity contribution in [2.75, 3.05) is 26.3 Å². The van der Waals surface area contributed by atoms with Crippen molar-refractivity contribution in [3.05, 3.63) is 29.3 Å². The Hall–Kier alpha value is -3.38. The standard InChI is InChI=1S/C24H30F4N2O7/c1-5-35-23(34)30-8-6-13(7-9-30)22(33)29-16(11-18(32)37-24(2,3)4)17(31)12-36-21-19(27)14(25)10-15(26)20(21)28/h10,13,16H,5-9,11-12H2,1-4H3,(H,29,33)/t16-/m0/s1. The van der Waals surface area contributed by atoms with Crippen LogP contribution in [0.15, 0.2) is 6.07 Å². The molecule has 2 amide bonds. The summed E-state index contributed by atoms with van der Waals surface area (Å²) in [4.78, 5) is 51.3. The predicted octanol–water partition coefficient (Wildman–Crippen LogP) is 3.28. The molecule has 13 heteroatoms. The Balaban J connectivity index is 2.11. The average molecular weight is 535 g/mol. The molecule has 1 saturated heterocycles. The lowest BCUT2D eigenvalue weighted by atomic mass is 9.95. The summed E-state index contributed by atoms with van der Waals surface area (Å²) in [6.45, 7) is 5.98. The molecule has 1 aliphatic rings. The minimum Gasteiger partial charge on any atom is -0.479 e. The Bertz CT molecular complexity index is 995. The fourth-order valence-corrected chi connectivity index (χ4v) is 3.55. The van der Waals surface area contributed by atoms with Crippen LogP contribution in [0.3, 0.4) is 0 Å². The van der Waals surface area contributed by atoms with Crippen molar-refractivity contribution < 1.29 is 51.0 Å². The maximum absolute atomic E-state index is 13.9. The van der Waals surface area contributed by atoms with Gasteiger partial charge in [-0.1, -0.05) is 0 Å². The smallest absolute Gasteiger partial charge is 0.409 e. The van der Waals surface area contributed by atoms with Gasteiger partial charge in [-0.15, -0.1) is 0 Å². The van der Waals surface area contributed by atoms with E-state index in [1.165, 1.54) is 4.90 Å². The van der Waals surface area contributed by atoms with Gasteiger partial charge in [0.25, 0.3) is 0 Å². The van der Waals surface area contributed by atoms with Crippen molar-refractivity contribution in [2.45, 2.75) is 58.6 Å². The van der Waals surface area contributed by atoms with Crippen molar-refractivity contribution in [1.29, 1.82) is 0 Å². The molecular weight excluding hydrogens is 504 g/mol. The highest BCUT2D eigenvalue weighted by Gasteiger charge is 2.33. The Labute approximate surface area is 211 Å². The van der Waals surface area contributed by atoms with E-state index < -0.39 is 83.4 Å². The van der Waals surface area contributed by atoms with Gasteiger partial charge in [0.15, 0.2) is 23.2 Å². The van der Waals surface area contributed by atoms with Gasteiger partial charge < -0.3 is 24.4 Å². The lowest BCUT2D eigenvalue weighted by Crippen LogP contribution is -2.49. The van der Waals surface area contributed by atoms with Gasteiger partial charge in [0, 0.05) is 25.1 Å². The molecule has 1 aromatic carbocycles. The lowest BCUT2D eigenvalue weighted by molar-refractivity contribution is -0.156. The highest BCUT2D eigenvalue weighted by Crippen LogP contribution is 2.26. The third-order valence-electron chi connectivity index (χ3n) is 5.32. The number of nitrogens with zero attached hydrogens (tertiary/aromatic N) is 1. The molecule has 1 heterocycles. The summed E-state index contributed by atoms with van der Waals surface area (Å²) in [6, 6.07) is -1.53. The Morgan fingerprint density at radius 1 is 1.05 bits per heavy atom. The first kappa shape index (κ1) is 29.8. The van der Waals surface area contributed by atoms with Crippen LogP contribution in [0.25, 0.3) is 0 Å². The van der Waals surface area contributed by atoms with Gasteiger partial charge in [-0.2, -0.15) is 8.78 Å². The topological polar surface area (TPSA) is 111 Å². The maximum Gasteiger partial charge on any atom is 0.409 e.